The summed E-state index contributed by atoms with van der Waals surface area (Å²) in [5.41, 5.74) is 2.04. The molecule has 3 aromatic carbocycles. The summed E-state index contributed by atoms with van der Waals surface area (Å²) in [7, 11) is -2.60. The van der Waals surface area contributed by atoms with Crippen LogP contribution in [0.5, 0.6) is 5.75 Å². The Labute approximate surface area is 250 Å². The van der Waals surface area contributed by atoms with Gasteiger partial charge in [-0.15, -0.1) is 0 Å². The highest BCUT2D eigenvalue weighted by molar-refractivity contribution is 9.10. The number of methoxy groups -OCH3 is 1. The molecule has 0 saturated heterocycles. The summed E-state index contributed by atoms with van der Waals surface area (Å²) in [5.74, 6) is -0.190. The molecule has 1 atom stereocenters. The number of aryl methyl sites for hydroxylation is 1. The van der Waals surface area contributed by atoms with E-state index < -0.39 is 28.5 Å². The second-order valence-electron chi connectivity index (χ2n) is 10.3. The van der Waals surface area contributed by atoms with Crippen LogP contribution in [0.1, 0.15) is 43.7 Å². The van der Waals surface area contributed by atoms with Gasteiger partial charge in [0.15, 0.2) is 0 Å². The van der Waals surface area contributed by atoms with E-state index in [1.165, 1.54) is 24.1 Å². The molecule has 0 unspecified atom stereocenters. The van der Waals surface area contributed by atoms with Crippen LogP contribution in [0.25, 0.3) is 0 Å². The van der Waals surface area contributed by atoms with E-state index in [-0.39, 0.29) is 23.4 Å². The summed E-state index contributed by atoms with van der Waals surface area (Å²) < 4.78 is 35.0. The number of anilines is 1. The Hall–Kier alpha value is -3.37. The maximum atomic E-state index is 14.1. The van der Waals surface area contributed by atoms with E-state index in [1.54, 1.807) is 43.3 Å². The lowest BCUT2D eigenvalue weighted by Gasteiger charge is -2.32. The first-order valence-corrected chi connectivity index (χ1v) is 15.9. The van der Waals surface area contributed by atoms with E-state index >= 15 is 0 Å². The lowest BCUT2D eigenvalue weighted by atomic mass is 10.1. The van der Waals surface area contributed by atoms with E-state index in [0.717, 1.165) is 45.6 Å². The molecule has 4 rings (SSSR count). The number of carbonyl (C=O) groups excluding carboxylic acids is 2. The lowest BCUT2D eigenvalue weighted by molar-refractivity contribution is -0.139. The van der Waals surface area contributed by atoms with Crippen LogP contribution >= 0.6 is 15.9 Å². The van der Waals surface area contributed by atoms with E-state index in [2.05, 4.69) is 21.2 Å². The van der Waals surface area contributed by atoms with Crippen molar-refractivity contribution in [2.75, 3.05) is 18.0 Å². The molecular weight excluding hydrogens is 606 g/mol. The predicted molar refractivity (Wildman–Crippen MR) is 163 cm³/mol. The van der Waals surface area contributed by atoms with Crippen LogP contribution in [0.2, 0.25) is 0 Å². The fourth-order valence-corrected chi connectivity index (χ4v) is 6.78. The SMILES string of the molecule is COc1ccc(N(CC(=O)N(Cc2cccc(Br)c2)[C@@H](C)C(=O)NC2CCCC2)S(=O)(=O)c2ccc(C)cc2)cc1. The van der Waals surface area contributed by atoms with Crippen molar-refractivity contribution >= 4 is 43.5 Å². The average molecular weight is 643 g/mol. The van der Waals surface area contributed by atoms with Crippen molar-refractivity contribution in [2.45, 2.75) is 63.1 Å². The molecular formula is C31H36BrN3O5S. The Bertz CT molecular complexity index is 1460. The smallest absolute Gasteiger partial charge is 0.264 e. The minimum atomic E-state index is -4.13. The molecule has 3 aromatic rings. The van der Waals surface area contributed by atoms with Crippen molar-refractivity contribution in [2.24, 2.45) is 0 Å². The fourth-order valence-electron chi connectivity index (χ4n) is 4.92. The molecule has 0 bridgehead atoms. The van der Waals surface area contributed by atoms with E-state index in [1.807, 2.05) is 31.2 Å². The normalized spacial score (nSPS) is 14.3. The number of ether oxygens (including phenoxy) is 1. The number of nitrogens with one attached hydrogen (secondary N) is 1. The van der Waals surface area contributed by atoms with Crippen molar-refractivity contribution in [3.05, 3.63) is 88.4 Å². The average Bonchev–Trinajstić information content (AvgIpc) is 3.47. The van der Waals surface area contributed by atoms with Gasteiger partial charge in [-0.2, -0.15) is 0 Å². The maximum Gasteiger partial charge on any atom is 0.264 e. The van der Waals surface area contributed by atoms with Crippen LogP contribution in [0, 0.1) is 6.92 Å². The van der Waals surface area contributed by atoms with Crippen LogP contribution in [0.3, 0.4) is 0 Å². The van der Waals surface area contributed by atoms with Gasteiger partial charge in [0, 0.05) is 17.1 Å². The Kier molecular flexibility index (Phi) is 10.1. The van der Waals surface area contributed by atoms with Gasteiger partial charge < -0.3 is 15.0 Å². The van der Waals surface area contributed by atoms with Crippen molar-refractivity contribution in [3.63, 3.8) is 0 Å². The number of hydrogen-bond acceptors (Lipinski definition) is 5. The zero-order valence-electron chi connectivity index (χ0n) is 23.5. The van der Waals surface area contributed by atoms with E-state index in [9.17, 15) is 18.0 Å². The number of hydrogen-bond donors (Lipinski definition) is 1. The zero-order valence-corrected chi connectivity index (χ0v) is 25.9. The largest absolute Gasteiger partial charge is 0.497 e. The Morgan fingerprint density at radius 2 is 1.68 bits per heavy atom. The Balaban J connectivity index is 1.69. The van der Waals surface area contributed by atoms with E-state index in [0.29, 0.717) is 11.4 Å². The number of halogens is 1. The molecule has 1 saturated carbocycles. The van der Waals surface area contributed by atoms with Gasteiger partial charge in [-0.25, -0.2) is 8.42 Å². The van der Waals surface area contributed by atoms with Crippen molar-refractivity contribution in [1.82, 2.24) is 10.2 Å². The number of nitrogens with zero attached hydrogens (tertiary/aromatic N) is 2. The molecule has 2 amide bonds. The quantitative estimate of drug-likeness (QED) is 0.301. The van der Waals surface area contributed by atoms with Crippen LogP contribution in [-0.4, -0.2) is 50.9 Å². The number of carbonyl (C=O) groups is 2. The third-order valence-electron chi connectivity index (χ3n) is 7.36. The van der Waals surface area contributed by atoms with Gasteiger partial charge in [-0.05, 0) is 80.8 Å². The summed E-state index contributed by atoms with van der Waals surface area (Å²) in [6, 6.07) is 19.8. The van der Waals surface area contributed by atoms with Crippen molar-refractivity contribution in [3.8, 4) is 5.75 Å². The first-order chi connectivity index (χ1) is 19.6. The fraction of sp³-hybridized carbons (Fsp3) is 0.355. The molecule has 1 fully saturated rings. The highest BCUT2D eigenvalue weighted by Gasteiger charge is 2.33. The van der Waals surface area contributed by atoms with Crippen molar-refractivity contribution < 1.29 is 22.7 Å². The van der Waals surface area contributed by atoms with Gasteiger partial charge in [0.25, 0.3) is 10.0 Å². The number of rotatable bonds is 11. The van der Waals surface area contributed by atoms with Gasteiger partial charge in [0.2, 0.25) is 11.8 Å². The van der Waals surface area contributed by atoms with Gasteiger partial charge >= 0.3 is 0 Å². The van der Waals surface area contributed by atoms with Crippen molar-refractivity contribution in [1.29, 1.82) is 0 Å². The summed E-state index contributed by atoms with van der Waals surface area (Å²) in [6.07, 6.45) is 3.96. The number of benzene rings is 3. The van der Waals surface area contributed by atoms with Crippen LogP contribution in [-0.2, 0) is 26.2 Å². The number of amides is 2. The van der Waals surface area contributed by atoms with Crippen LogP contribution in [0.15, 0.2) is 82.2 Å². The molecule has 0 aliphatic heterocycles. The molecule has 10 heteroatoms. The molecule has 41 heavy (non-hydrogen) atoms. The minimum absolute atomic E-state index is 0.0669. The topological polar surface area (TPSA) is 96.0 Å². The Morgan fingerprint density at radius 1 is 1.02 bits per heavy atom. The van der Waals surface area contributed by atoms with Gasteiger partial charge in [0.05, 0.1) is 17.7 Å². The van der Waals surface area contributed by atoms with Crippen LogP contribution in [0.4, 0.5) is 5.69 Å². The Morgan fingerprint density at radius 3 is 2.29 bits per heavy atom. The standard InChI is InChI=1S/C31H36BrN3O5S/c1-22-11-17-29(18-12-22)41(38,39)35(27-13-15-28(40-3)16-14-27)21-30(36)34(20-24-7-6-8-25(32)19-24)23(2)31(37)33-26-9-4-5-10-26/h6-8,11-19,23,26H,4-5,9-10,20-21H2,1-3H3,(H,33,37)/t23-/m0/s1. The van der Waals surface area contributed by atoms with Gasteiger partial charge in [-0.3, -0.25) is 13.9 Å². The summed E-state index contributed by atoms with van der Waals surface area (Å²) >= 11 is 3.47. The molecule has 1 aliphatic carbocycles. The number of sulfonamides is 1. The third kappa shape index (κ3) is 7.68. The molecule has 0 heterocycles. The summed E-state index contributed by atoms with van der Waals surface area (Å²) in [4.78, 5) is 28.9. The molecule has 0 radical (unpaired) electrons. The van der Waals surface area contributed by atoms with Gasteiger partial charge in [0.1, 0.15) is 18.3 Å². The van der Waals surface area contributed by atoms with Gasteiger partial charge in [-0.1, -0.05) is 58.6 Å². The highest BCUT2D eigenvalue weighted by Crippen LogP contribution is 2.27. The second kappa shape index (κ2) is 13.5. The first-order valence-electron chi connectivity index (χ1n) is 13.7. The van der Waals surface area contributed by atoms with Crippen LogP contribution < -0.4 is 14.4 Å². The molecule has 0 spiro atoms. The molecule has 218 valence electrons. The monoisotopic (exact) mass is 641 g/mol. The summed E-state index contributed by atoms with van der Waals surface area (Å²) in [5, 5.41) is 3.08. The maximum absolute atomic E-state index is 14.1. The first kappa shape index (κ1) is 30.6. The molecule has 0 aromatic heterocycles. The molecule has 1 N–H and O–H groups in total. The molecule has 1 aliphatic rings. The second-order valence-corrected chi connectivity index (χ2v) is 13.1. The third-order valence-corrected chi connectivity index (χ3v) is 9.64. The molecule has 8 nitrogen and oxygen atoms in total. The predicted octanol–water partition coefficient (Wildman–Crippen LogP) is 5.44. The highest BCUT2D eigenvalue weighted by atomic mass is 79.9. The van der Waals surface area contributed by atoms with E-state index in [4.69, 9.17) is 4.74 Å². The summed E-state index contributed by atoms with van der Waals surface area (Å²) in [6.45, 7) is 3.21. The zero-order chi connectivity index (χ0) is 29.6. The lowest BCUT2D eigenvalue weighted by Crippen LogP contribution is -2.52. The minimum Gasteiger partial charge on any atom is -0.497 e.